The first kappa shape index (κ1) is 13.0. The SMILES string of the molecule is Cc1csc(NC(=O)C(=O)Nc2cccc(O)c2)n1. The molecule has 2 aromatic rings. The van der Waals surface area contributed by atoms with Crippen LogP contribution in [-0.4, -0.2) is 21.9 Å². The van der Waals surface area contributed by atoms with Crippen LogP contribution in [0.25, 0.3) is 0 Å². The third-order valence-corrected chi connectivity index (χ3v) is 3.03. The van der Waals surface area contributed by atoms with E-state index in [1.54, 1.807) is 24.4 Å². The lowest BCUT2D eigenvalue weighted by atomic mass is 10.3. The Labute approximate surface area is 113 Å². The predicted molar refractivity (Wildman–Crippen MR) is 72.2 cm³/mol. The fourth-order valence-corrected chi connectivity index (χ4v) is 2.02. The van der Waals surface area contributed by atoms with Crippen molar-refractivity contribution in [1.82, 2.24) is 4.98 Å². The Morgan fingerprint density at radius 3 is 2.63 bits per heavy atom. The number of aromatic hydroxyl groups is 1. The van der Waals surface area contributed by atoms with Crippen molar-refractivity contribution in [2.75, 3.05) is 10.6 Å². The molecule has 1 aromatic heterocycles. The van der Waals surface area contributed by atoms with Crippen molar-refractivity contribution in [3.05, 3.63) is 35.3 Å². The van der Waals surface area contributed by atoms with Crippen LogP contribution in [0.1, 0.15) is 5.69 Å². The lowest BCUT2D eigenvalue weighted by Crippen LogP contribution is -2.29. The number of aryl methyl sites for hydroxylation is 1. The van der Waals surface area contributed by atoms with Gasteiger partial charge in [-0.3, -0.25) is 14.9 Å². The second-order valence-electron chi connectivity index (χ2n) is 3.75. The first-order valence-corrected chi connectivity index (χ1v) is 6.26. The normalized spacial score (nSPS) is 9.95. The summed E-state index contributed by atoms with van der Waals surface area (Å²) in [6.45, 7) is 1.79. The van der Waals surface area contributed by atoms with Gasteiger partial charge in [0.15, 0.2) is 5.13 Å². The molecule has 0 unspecified atom stereocenters. The van der Waals surface area contributed by atoms with Crippen LogP contribution in [0.3, 0.4) is 0 Å². The molecule has 1 heterocycles. The van der Waals surface area contributed by atoms with Crippen molar-refractivity contribution in [1.29, 1.82) is 0 Å². The number of aromatic nitrogens is 1. The summed E-state index contributed by atoms with van der Waals surface area (Å²) in [5.74, 6) is -1.62. The van der Waals surface area contributed by atoms with Crippen LogP contribution in [-0.2, 0) is 9.59 Å². The molecule has 0 aliphatic heterocycles. The molecule has 0 aliphatic rings. The number of phenolic OH excluding ortho intramolecular Hbond substituents is 1. The number of carbonyl (C=O) groups excluding carboxylic acids is 2. The highest BCUT2D eigenvalue weighted by molar-refractivity contribution is 7.14. The Morgan fingerprint density at radius 1 is 1.26 bits per heavy atom. The van der Waals surface area contributed by atoms with Crippen LogP contribution in [0, 0.1) is 6.92 Å². The van der Waals surface area contributed by atoms with Crippen molar-refractivity contribution in [2.45, 2.75) is 6.92 Å². The van der Waals surface area contributed by atoms with E-state index in [1.165, 1.54) is 23.5 Å². The van der Waals surface area contributed by atoms with E-state index in [9.17, 15) is 14.7 Å². The number of phenols is 1. The van der Waals surface area contributed by atoms with Crippen LogP contribution >= 0.6 is 11.3 Å². The Morgan fingerprint density at radius 2 is 2.00 bits per heavy atom. The molecule has 0 radical (unpaired) electrons. The summed E-state index contributed by atoms with van der Waals surface area (Å²) < 4.78 is 0. The molecule has 1 aromatic carbocycles. The molecule has 0 fully saturated rings. The number of benzene rings is 1. The third-order valence-electron chi connectivity index (χ3n) is 2.15. The number of nitrogens with one attached hydrogen (secondary N) is 2. The number of carbonyl (C=O) groups is 2. The zero-order valence-corrected chi connectivity index (χ0v) is 10.8. The van der Waals surface area contributed by atoms with E-state index in [4.69, 9.17) is 0 Å². The van der Waals surface area contributed by atoms with Gasteiger partial charge in [-0.15, -0.1) is 11.3 Å². The summed E-state index contributed by atoms with van der Waals surface area (Å²) in [4.78, 5) is 27.2. The molecular weight excluding hydrogens is 266 g/mol. The van der Waals surface area contributed by atoms with Crippen LogP contribution in [0.15, 0.2) is 29.6 Å². The molecular formula is C12H11N3O3S. The maximum atomic E-state index is 11.6. The van der Waals surface area contributed by atoms with Gasteiger partial charge in [-0.05, 0) is 19.1 Å². The molecule has 0 aliphatic carbocycles. The molecule has 2 amide bonds. The lowest BCUT2D eigenvalue weighted by molar-refractivity contribution is -0.133. The lowest BCUT2D eigenvalue weighted by Gasteiger charge is -2.04. The van der Waals surface area contributed by atoms with Gasteiger partial charge in [0.05, 0.1) is 5.69 Å². The average Bonchev–Trinajstić information content (AvgIpc) is 2.74. The Hall–Kier alpha value is -2.41. The van der Waals surface area contributed by atoms with Crippen molar-refractivity contribution < 1.29 is 14.7 Å². The fourth-order valence-electron chi connectivity index (χ4n) is 1.34. The first-order chi connectivity index (χ1) is 9.04. The van der Waals surface area contributed by atoms with Crippen LogP contribution in [0.4, 0.5) is 10.8 Å². The Bertz CT molecular complexity index is 624. The molecule has 3 N–H and O–H groups in total. The standard InChI is InChI=1S/C12H11N3O3S/c1-7-6-19-12(13-7)15-11(18)10(17)14-8-3-2-4-9(16)5-8/h2-6,16H,1H3,(H,14,17)(H,13,15,18). The van der Waals surface area contributed by atoms with E-state index in [-0.39, 0.29) is 5.75 Å². The predicted octanol–water partition coefficient (Wildman–Crippen LogP) is 1.73. The summed E-state index contributed by atoms with van der Waals surface area (Å²) >= 11 is 1.24. The Kier molecular flexibility index (Phi) is 3.76. The van der Waals surface area contributed by atoms with Gasteiger partial charge >= 0.3 is 11.8 Å². The van der Waals surface area contributed by atoms with E-state index in [0.29, 0.717) is 10.8 Å². The van der Waals surface area contributed by atoms with Gasteiger partial charge in [-0.1, -0.05) is 6.07 Å². The number of rotatable bonds is 2. The largest absolute Gasteiger partial charge is 0.508 e. The second-order valence-corrected chi connectivity index (χ2v) is 4.61. The monoisotopic (exact) mass is 277 g/mol. The zero-order chi connectivity index (χ0) is 13.8. The van der Waals surface area contributed by atoms with Crippen molar-refractivity contribution in [2.24, 2.45) is 0 Å². The molecule has 0 saturated carbocycles. The number of anilines is 2. The third kappa shape index (κ3) is 3.52. The Balaban J connectivity index is 1.98. The smallest absolute Gasteiger partial charge is 0.315 e. The molecule has 0 bridgehead atoms. The number of thiazole rings is 1. The number of hydrogen-bond acceptors (Lipinski definition) is 5. The summed E-state index contributed by atoms with van der Waals surface area (Å²) in [5.41, 5.74) is 1.11. The van der Waals surface area contributed by atoms with Crippen molar-refractivity contribution >= 4 is 34.0 Å². The highest BCUT2D eigenvalue weighted by atomic mass is 32.1. The van der Waals surface area contributed by atoms with Gasteiger partial charge in [0, 0.05) is 17.1 Å². The number of amides is 2. The summed E-state index contributed by atoms with van der Waals surface area (Å²) in [7, 11) is 0. The second kappa shape index (κ2) is 5.49. The van der Waals surface area contributed by atoms with Gasteiger partial charge < -0.3 is 10.4 Å². The van der Waals surface area contributed by atoms with Gasteiger partial charge in [-0.25, -0.2) is 4.98 Å². The summed E-state index contributed by atoms with van der Waals surface area (Å²) in [6, 6.07) is 5.94. The van der Waals surface area contributed by atoms with Crippen molar-refractivity contribution in [3.63, 3.8) is 0 Å². The summed E-state index contributed by atoms with van der Waals surface area (Å²) in [5, 5.41) is 16.1. The molecule has 0 atom stereocenters. The van der Waals surface area contributed by atoms with Gasteiger partial charge in [-0.2, -0.15) is 0 Å². The summed E-state index contributed by atoms with van der Waals surface area (Å²) in [6.07, 6.45) is 0. The van der Waals surface area contributed by atoms with Gasteiger partial charge in [0.2, 0.25) is 0 Å². The average molecular weight is 277 g/mol. The van der Waals surface area contributed by atoms with Gasteiger partial charge in [0.25, 0.3) is 0 Å². The minimum atomic E-state index is -0.821. The van der Waals surface area contributed by atoms with E-state index in [1.807, 2.05) is 0 Å². The number of hydrogen-bond donors (Lipinski definition) is 3. The van der Waals surface area contributed by atoms with E-state index in [2.05, 4.69) is 15.6 Å². The molecule has 2 rings (SSSR count). The highest BCUT2D eigenvalue weighted by Crippen LogP contribution is 2.16. The minimum Gasteiger partial charge on any atom is -0.508 e. The topological polar surface area (TPSA) is 91.3 Å². The maximum absolute atomic E-state index is 11.6. The molecule has 98 valence electrons. The zero-order valence-electron chi connectivity index (χ0n) is 10.0. The molecule has 7 heteroatoms. The highest BCUT2D eigenvalue weighted by Gasteiger charge is 2.15. The molecule has 0 spiro atoms. The van der Waals surface area contributed by atoms with E-state index in [0.717, 1.165) is 5.69 Å². The molecule has 0 saturated heterocycles. The van der Waals surface area contributed by atoms with Crippen LogP contribution in [0.5, 0.6) is 5.75 Å². The molecule has 19 heavy (non-hydrogen) atoms. The van der Waals surface area contributed by atoms with Crippen molar-refractivity contribution in [3.8, 4) is 5.75 Å². The number of nitrogens with zero attached hydrogens (tertiary/aromatic N) is 1. The van der Waals surface area contributed by atoms with Crippen LogP contribution in [0.2, 0.25) is 0 Å². The maximum Gasteiger partial charge on any atom is 0.315 e. The van der Waals surface area contributed by atoms with Gasteiger partial charge in [0.1, 0.15) is 5.75 Å². The first-order valence-electron chi connectivity index (χ1n) is 5.38. The quantitative estimate of drug-likeness (QED) is 0.729. The van der Waals surface area contributed by atoms with E-state index >= 15 is 0 Å². The minimum absolute atomic E-state index is 0.00811. The van der Waals surface area contributed by atoms with E-state index < -0.39 is 11.8 Å². The fraction of sp³-hybridized carbons (Fsp3) is 0.0833. The van der Waals surface area contributed by atoms with Crippen LogP contribution < -0.4 is 10.6 Å². The molecule has 6 nitrogen and oxygen atoms in total.